The van der Waals surface area contributed by atoms with Gasteiger partial charge in [0.25, 0.3) is 0 Å². The fraction of sp³-hybridized carbons (Fsp3) is 0.200. The molecule has 9 heteroatoms. The summed E-state index contributed by atoms with van der Waals surface area (Å²) in [6.45, 7) is 0. The Labute approximate surface area is 172 Å². The van der Waals surface area contributed by atoms with Gasteiger partial charge in [0.05, 0.1) is 20.4 Å². The van der Waals surface area contributed by atoms with Gasteiger partial charge in [-0.1, -0.05) is 11.8 Å². The number of hydrogen-bond acceptors (Lipinski definition) is 7. The predicted octanol–water partition coefficient (Wildman–Crippen LogP) is 2.65. The highest BCUT2D eigenvalue weighted by Crippen LogP contribution is 2.23. The fourth-order valence-electron chi connectivity index (χ4n) is 2.47. The number of carbonyl (C=O) groups is 2. The third-order valence-electron chi connectivity index (χ3n) is 3.99. The van der Waals surface area contributed by atoms with Gasteiger partial charge < -0.3 is 20.1 Å². The Morgan fingerprint density at radius 3 is 2.34 bits per heavy atom. The molecule has 3 rings (SSSR count). The number of rotatable bonds is 6. The van der Waals surface area contributed by atoms with Crippen LogP contribution in [0.25, 0.3) is 0 Å². The summed E-state index contributed by atoms with van der Waals surface area (Å²) in [6, 6.07) is 14.3. The van der Waals surface area contributed by atoms with Gasteiger partial charge in [0.15, 0.2) is 5.17 Å². The van der Waals surface area contributed by atoms with Crippen LogP contribution in [0.1, 0.15) is 12.0 Å². The van der Waals surface area contributed by atoms with Crippen molar-refractivity contribution in [3.8, 4) is 11.5 Å². The minimum atomic E-state index is -0.596. The molecule has 29 heavy (non-hydrogen) atoms. The van der Waals surface area contributed by atoms with Gasteiger partial charge in [-0.05, 0) is 54.1 Å². The second-order valence-electron chi connectivity index (χ2n) is 6.00. The molecule has 0 bridgehead atoms. The van der Waals surface area contributed by atoms with Crippen LogP contribution in [-0.2, 0) is 9.59 Å². The molecular formula is C20H20N4O4S. The SMILES string of the molecule is COc1ccc(/C=N\N=C2/NC(=O)C[C@H](C(=O)Nc3ccc(OC)cc3)S2)cc1. The molecule has 1 atom stereocenters. The monoisotopic (exact) mass is 412 g/mol. The second kappa shape index (κ2) is 9.74. The summed E-state index contributed by atoms with van der Waals surface area (Å²) >= 11 is 1.16. The quantitative estimate of drug-likeness (QED) is 0.561. The lowest BCUT2D eigenvalue weighted by Crippen LogP contribution is -2.41. The summed E-state index contributed by atoms with van der Waals surface area (Å²) in [6.07, 6.45) is 1.62. The molecule has 8 nitrogen and oxygen atoms in total. The molecule has 1 aliphatic rings. The van der Waals surface area contributed by atoms with E-state index >= 15 is 0 Å². The molecule has 0 saturated carbocycles. The van der Waals surface area contributed by atoms with Gasteiger partial charge >= 0.3 is 0 Å². The predicted molar refractivity (Wildman–Crippen MR) is 114 cm³/mol. The number of ether oxygens (including phenoxy) is 2. The lowest BCUT2D eigenvalue weighted by molar-refractivity contribution is -0.123. The van der Waals surface area contributed by atoms with Gasteiger partial charge in [0, 0.05) is 12.1 Å². The van der Waals surface area contributed by atoms with E-state index in [1.54, 1.807) is 44.7 Å². The molecule has 2 amide bonds. The fourth-order valence-corrected chi connectivity index (χ4v) is 3.41. The third kappa shape index (κ3) is 5.82. The molecule has 1 heterocycles. The number of anilines is 1. The van der Waals surface area contributed by atoms with Crippen LogP contribution in [0.15, 0.2) is 58.7 Å². The van der Waals surface area contributed by atoms with Gasteiger partial charge in [0.1, 0.15) is 16.7 Å². The third-order valence-corrected chi connectivity index (χ3v) is 5.06. The normalized spacial score (nSPS) is 17.8. The van der Waals surface area contributed by atoms with E-state index in [9.17, 15) is 9.59 Å². The Morgan fingerprint density at radius 1 is 1.10 bits per heavy atom. The molecule has 0 spiro atoms. The van der Waals surface area contributed by atoms with E-state index in [-0.39, 0.29) is 23.4 Å². The first-order valence-corrected chi connectivity index (χ1v) is 9.62. The summed E-state index contributed by atoms with van der Waals surface area (Å²) < 4.78 is 10.2. The number of methoxy groups -OCH3 is 2. The van der Waals surface area contributed by atoms with Crippen molar-refractivity contribution in [1.82, 2.24) is 5.32 Å². The van der Waals surface area contributed by atoms with Gasteiger partial charge in [-0.15, -0.1) is 5.10 Å². The van der Waals surface area contributed by atoms with E-state index in [4.69, 9.17) is 9.47 Å². The number of amides is 2. The molecule has 0 radical (unpaired) electrons. The van der Waals surface area contributed by atoms with Gasteiger partial charge in [-0.3, -0.25) is 9.59 Å². The summed E-state index contributed by atoms with van der Waals surface area (Å²) in [7, 11) is 3.17. The summed E-state index contributed by atoms with van der Waals surface area (Å²) in [5.74, 6) is 0.881. The molecule has 2 aromatic carbocycles. The first-order chi connectivity index (χ1) is 14.1. The number of nitrogens with one attached hydrogen (secondary N) is 2. The lowest BCUT2D eigenvalue weighted by Gasteiger charge is -2.21. The maximum Gasteiger partial charge on any atom is 0.238 e. The Morgan fingerprint density at radius 2 is 1.72 bits per heavy atom. The zero-order valence-corrected chi connectivity index (χ0v) is 16.7. The van der Waals surface area contributed by atoms with Crippen molar-refractivity contribution in [2.45, 2.75) is 11.7 Å². The van der Waals surface area contributed by atoms with Crippen molar-refractivity contribution < 1.29 is 19.1 Å². The summed E-state index contributed by atoms with van der Waals surface area (Å²) in [5, 5.41) is 13.1. The number of carbonyl (C=O) groups excluding carboxylic acids is 2. The van der Waals surface area contributed by atoms with Crippen molar-refractivity contribution in [3.05, 3.63) is 54.1 Å². The molecular weight excluding hydrogens is 392 g/mol. The minimum absolute atomic E-state index is 0.0634. The van der Waals surface area contributed by atoms with Crippen molar-refractivity contribution in [1.29, 1.82) is 0 Å². The Kier molecular flexibility index (Phi) is 6.85. The molecule has 1 saturated heterocycles. The van der Waals surface area contributed by atoms with Crippen LogP contribution >= 0.6 is 11.8 Å². The average molecular weight is 412 g/mol. The highest BCUT2D eigenvalue weighted by Gasteiger charge is 2.30. The standard InChI is InChI=1S/C20H20N4O4S/c1-27-15-7-3-13(4-8-15)12-21-24-20-23-18(25)11-17(29-20)19(26)22-14-5-9-16(28-2)10-6-14/h3-10,12,17H,11H2,1-2H3,(H,22,26)(H,23,24,25)/b21-12-/t17-/m1/s1. The Balaban J connectivity index is 1.62. The van der Waals surface area contributed by atoms with Crippen LogP contribution in [0.4, 0.5) is 5.69 Å². The van der Waals surface area contributed by atoms with E-state index in [0.717, 1.165) is 23.1 Å². The highest BCUT2D eigenvalue weighted by atomic mass is 32.2. The Bertz CT molecular complexity index is 927. The van der Waals surface area contributed by atoms with E-state index in [2.05, 4.69) is 20.8 Å². The van der Waals surface area contributed by atoms with Crippen LogP contribution in [-0.4, -0.2) is 42.7 Å². The van der Waals surface area contributed by atoms with E-state index in [1.165, 1.54) is 0 Å². The molecule has 2 N–H and O–H groups in total. The number of hydrogen-bond donors (Lipinski definition) is 2. The van der Waals surface area contributed by atoms with Crippen LogP contribution in [0.2, 0.25) is 0 Å². The summed E-state index contributed by atoms with van der Waals surface area (Å²) in [5.41, 5.74) is 1.45. The molecule has 1 fully saturated rings. The lowest BCUT2D eigenvalue weighted by atomic mass is 10.2. The van der Waals surface area contributed by atoms with E-state index < -0.39 is 5.25 Å². The maximum atomic E-state index is 12.5. The van der Waals surface area contributed by atoms with Crippen molar-refractivity contribution >= 4 is 40.6 Å². The average Bonchev–Trinajstić information content (AvgIpc) is 2.74. The van der Waals surface area contributed by atoms with E-state index in [0.29, 0.717) is 11.4 Å². The van der Waals surface area contributed by atoms with Crippen LogP contribution in [0.5, 0.6) is 11.5 Å². The zero-order valence-electron chi connectivity index (χ0n) is 15.9. The maximum absolute atomic E-state index is 12.5. The van der Waals surface area contributed by atoms with Crippen molar-refractivity contribution in [3.63, 3.8) is 0 Å². The second-order valence-corrected chi connectivity index (χ2v) is 7.19. The van der Waals surface area contributed by atoms with Crippen LogP contribution < -0.4 is 20.1 Å². The number of amidine groups is 1. The topological polar surface area (TPSA) is 101 Å². The number of thioether (sulfide) groups is 1. The molecule has 0 aromatic heterocycles. The zero-order chi connectivity index (χ0) is 20.6. The van der Waals surface area contributed by atoms with Gasteiger partial charge in [0.2, 0.25) is 11.8 Å². The van der Waals surface area contributed by atoms with Gasteiger partial charge in [-0.2, -0.15) is 5.10 Å². The molecule has 0 aliphatic carbocycles. The summed E-state index contributed by atoms with van der Waals surface area (Å²) in [4.78, 5) is 24.5. The molecule has 2 aromatic rings. The highest BCUT2D eigenvalue weighted by molar-refractivity contribution is 8.15. The molecule has 0 unspecified atom stereocenters. The molecule has 1 aliphatic heterocycles. The smallest absolute Gasteiger partial charge is 0.238 e. The van der Waals surface area contributed by atoms with E-state index in [1.807, 2.05) is 24.3 Å². The first-order valence-electron chi connectivity index (χ1n) is 8.74. The molecule has 150 valence electrons. The number of nitrogens with zero attached hydrogens (tertiary/aromatic N) is 2. The van der Waals surface area contributed by atoms with Crippen molar-refractivity contribution in [2.24, 2.45) is 10.2 Å². The Hall–Kier alpha value is -3.33. The van der Waals surface area contributed by atoms with Gasteiger partial charge in [-0.25, -0.2) is 0 Å². The van der Waals surface area contributed by atoms with Crippen LogP contribution in [0.3, 0.4) is 0 Å². The number of benzene rings is 2. The first kappa shape index (κ1) is 20.4. The van der Waals surface area contributed by atoms with Crippen LogP contribution in [0, 0.1) is 0 Å². The largest absolute Gasteiger partial charge is 0.497 e. The van der Waals surface area contributed by atoms with Crippen molar-refractivity contribution in [2.75, 3.05) is 19.5 Å². The minimum Gasteiger partial charge on any atom is -0.497 e.